The zero-order chi connectivity index (χ0) is 22.3. The van der Waals surface area contributed by atoms with E-state index in [1.165, 1.54) is 11.8 Å². The van der Waals surface area contributed by atoms with Crippen LogP contribution < -0.4 is 5.32 Å². The van der Waals surface area contributed by atoms with Crippen LogP contribution in [-0.2, 0) is 21.9 Å². The molecule has 2 aromatic rings. The molecule has 0 radical (unpaired) electrons. The Morgan fingerprint density at radius 2 is 1.60 bits per heavy atom. The Balaban J connectivity index is 2.08. The maximum Gasteiger partial charge on any atom is 0.242 e. The van der Waals surface area contributed by atoms with Crippen LogP contribution in [0.3, 0.4) is 0 Å². The van der Waals surface area contributed by atoms with Gasteiger partial charge in [0, 0.05) is 22.9 Å². The summed E-state index contributed by atoms with van der Waals surface area (Å²) in [5.41, 5.74) is 2.93. The highest BCUT2D eigenvalue weighted by molar-refractivity contribution is 7.99. The molecule has 0 aromatic heterocycles. The van der Waals surface area contributed by atoms with Gasteiger partial charge in [0.25, 0.3) is 0 Å². The molecule has 2 rings (SSSR count). The molecule has 0 aliphatic rings. The first-order chi connectivity index (χ1) is 14.0. The molecule has 2 amide bonds. The van der Waals surface area contributed by atoms with E-state index in [1.807, 2.05) is 76.2 Å². The van der Waals surface area contributed by atoms with Gasteiger partial charge in [-0.2, -0.15) is 0 Å². The van der Waals surface area contributed by atoms with Crippen LogP contribution in [0.5, 0.6) is 0 Å². The van der Waals surface area contributed by atoms with Gasteiger partial charge in [0.05, 0.1) is 5.75 Å². The first-order valence-electron chi connectivity index (χ1n) is 10.0. The van der Waals surface area contributed by atoms with Crippen LogP contribution in [0.1, 0.15) is 44.4 Å². The summed E-state index contributed by atoms with van der Waals surface area (Å²) in [6, 6.07) is 15.1. The van der Waals surface area contributed by atoms with Crippen molar-refractivity contribution in [3.8, 4) is 0 Å². The van der Waals surface area contributed by atoms with E-state index < -0.39 is 6.04 Å². The van der Waals surface area contributed by atoms with Crippen LogP contribution in [0.15, 0.2) is 48.5 Å². The molecule has 6 heteroatoms. The van der Waals surface area contributed by atoms with Crippen molar-refractivity contribution < 1.29 is 9.59 Å². The molecule has 2 aromatic carbocycles. The van der Waals surface area contributed by atoms with Gasteiger partial charge in [0.15, 0.2) is 0 Å². The lowest BCUT2D eigenvalue weighted by atomic mass is 10.1. The Labute approximate surface area is 189 Å². The third kappa shape index (κ3) is 8.04. The zero-order valence-corrected chi connectivity index (χ0v) is 19.9. The molecule has 162 valence electrons. The molecule has 30 heavy (non-hydrogen) atoms. The second-order valence-electron chi connectivity index (χ2n) is 8.54. The molecule has 0 saturated carbocycles. The van der Waals surface area contributed by atoms with E-state index in [4.69, 9.17) is 11.6 Å². The summed E-state index contributed by atoms with van der Waals surface area (Å²) < 4.78 is 0. The smallest absolute Gasteiger partial charge is 0.242 e. The Hall–Kier alpha value is -1.98. The van der Waals surface area contributed by atoms with Gasteiger partial charge in [-0.15, -0.1) is 11.8 Å². The molecule has 0 unspecified atom stereocenters. The summed E-state index contributed by atoms with van der Waals surface area (Å²) in [4.78, 5) is 27.5. The molecule has 0 fully saturated rings. The van der Waals surface area contributed by atoms with Crippen molar-refractivity contribution in [2.45, 2.75) is 58.5 Å². The minimum atomic E-state index is -0.561. The number of nitrogens with zero attached hydrogens (tertiary/aromatic N) is 1. The van der Waals surface area contributed by atoms with E-state index in [2.05, 4.69) is 5.32 Å². The van der Waals surface area contributed by atoms with Crippen LogP contribution in [0.25, 0.3) is 0 Å². The maximum atomic E-state index is 13.1. The van der Waals surface area contributed by atoms with Crippen molar-refractivity contribution in [1.29, 1.82) is 0 Å². The predicted octanol–water partition coefficient (Wildman–Crippen LogP) is 5.21. The van der Waals surface area contributed by atoms with Crippen molar-refractivity contribution >= 4 is 35.2 Å². The van der Waals surface area contributed by atoms with E-state index >= 15 is 0 Å². The van der Waals surface area contributed by atoms with Gasteiger partial charge in [-0.05, 0) is 57.9 Å². The second kappa shape index (κ2) is 10.9. The van der Waals surface area contributed by atoms with Gasteiger partial charge in [0.1, 0.15) is 6.04 Å². The van der Waals surface area contributed by atoms with Crippen molar-refractivity contribution in [3.05, 3.63) is 70.2 Å². The summed E-state index contributed by atoms with van der Waals surface area (Å²) in [5.74, 6) is 0.822. The third-order valence-electron chi connectivity index (χ3n) is 4.55. The van der Waals surface area contributed by atoms with Crippen LogP contribution in [0.4, 0.5) is 0 Å². The number of rotatable bonds is 8. The number of aryl methyl sites for hydroxylation is 1. The Kier molecular flexibility index (Phi) is 8.80. The van der Waals surface area contributed by atoms with Crippen molar-refractivity contribution in [1.82, 2.24) is 10.2 Å². The number of thioether (sulfide) groups is 1. The lowest BCUT2D eigenvalue weighted by Gasteiger charge is -2.31. The van der Waals surface area contributed by atoms with E-state index in [9.17, 15) is 9.59 Å². The van der Waals surface area contributed by atoms with Crippen LogP contribution in [-0.4, -0.2) is 34.0 Å². The van der Waals surface area contributed by atoms with Gasteiger partial charge in [-0.3, -0.25) is 9.59 Å². The van der Waals surface area contributed by atoms with Crippen LogP contribution in [0, 0.1) is 6.92 Å². The molecule has 1 atom stereocenters. The minimum absolute atomic E-state index is 0.0499. The summed E-state index contributed by atoms with van der Waals surface area (Å²) in [6.45, 7) is 10.0. The van der Waals surface area contributed by atoms with Gasteiger partial charge in [0.2, 0.25) is 11.8 Å². The highest BCUT2D eigenvalue weighted by atomic mass is 35.5. The van der Waals surface area contributed by atoms with E-state index in [1.54, 1.807) is 11.8 Å². The standard InChI is InChI=1S/C24H31ClN2O2S/c1-17-6-8-19(9-7-17)14-27(18(2)23(29)26-24(3,4)5)22(28)16-30-15-20-10-12-21(25)13-11-20/h6-13,18H,14-16H2,1-5H3,(H,26,29)/t18-/m0/s1. The van der Waals surface area contributed by atoms with Crippen LogP contribution in [0.2, 0.25) is 5.02 Å². The normalized spacial score (nSPS) is 12.3. The summed E-state index contributed by atoms with van der Waals surface area (Å²) in [7, 11) is 0. The summed E-state index contributed by atoms with van der Waals surface area (Å²) in [5, 5.41) is 3.68. The zero-order valence-electron chi connectivity index (χ0n) is 18.4. The lowest BCUT2D eigenvalue weighted by molar-refractivity contribution is -0.139. The Bertz CT molecular complexity index is 845. The fourth-order valence-electron chi connectivity index (χ4n) is 2.87. The number of hydrogen-bond donors (Lipinski definition) is 1. The van der Waals surface area contributed by atoms with Crippen molar-refractivity contribution in [2.24, 2.45) is 0 Å². The van der Waals surface area contributed by atoms with Gasteiger partial charge < -0.3 is 10.2 Å². The molecule has 0 aliphatic heterocycles. The Morgan fingerprint density at radius 1 is 1.03 bits per heavy atom. The maximum absolute atomic E-state index is 13.1. The molecular weight excluding hydrogens is 416 g/mol. The Morgan fingerprint density at radius 3 is 2.17 bits per heavy atom. The van der Waals surface area contributed by atoms with Crippen molar-refractivity contribution in [3.63, 3.8) is 0 Å². The SMILES string of the molecule is Cc1ccc(CN(C(=O)CSCc2ccc(Cl)cc2)[C@@H](C)C(=O)NC(C)(C)C)cc1. The van der Waals surface area contributed by atoms with Crippen LogP contribution >= 0.6 is 23.4 Å². The quantitative estimate of drug-likeness (QED) is 0.605. The average Bonchev–Trinajstić information content (AvgIpc) is 2.67. The second-order valence-corrected chi connectivity index (χ2v) is 9.96. The first kappa shape index (κ1) is 24.3. The highest BCUT2D eigenvalue weighted by Crippen LogP contribution is 2.18. The number of carbonyl (C=O) groups is 2. The number of nitrogens with one attached hydrogen (secondary N) is 1. The molecule has 0 saturated heterocycles. The molecule has 1 N–H and O–H groups in total. The topological polar surface area (TPSA) is 49.4 Å². The molecule has 0 spiro atoms. The molecular formula is C24H31ClN2O2S. The van der Waals surface area contributed by atoms with E-state index in [0.29, 0.717) is 23.1 Å². The van der Waals surface area contributed by atoms with Crippen molar-refractivity contribution in [2.75, 3.05) is 5.75 Å². The molecule has 0 aliphatic carbocycles. The number of carbonyl (C=O) groups excluding carboxylic acids is 2. The minimum Gasteiger partial charge on any atom is -0.350 e. The average molecular weight is 447 g/mol. The third-order valence-corrected chi connectivity index (χ3v) is 5.79. The first-order valence-corrected chi connectivity index (χ1v) is 11.6. The predicted molar refractivity (Wildman–Crippen MR) is 127 cm³/mol. The lowest BCUT2D eigenvalue weighted by Crippen LogP contribution is -2.52. The fourth-order valence-corrected chi connectivity index (χ4v) is 3.86. The largest absolute Gasteiger partial charge is 0.350 e. The van der Waals surface area contributed by atoms with E-state index in [-0.39, 0.29) is 17.4 Å². The molecule has 0 heterocycles. The highest BCUT2D eigenvalue weighted by Gasteiger charge is 2.28. The monoisotopic (exact) mass is 446 g/mol. The van der Waals surface area contributed by atoms with Gasteiger partial charge in [-0.1, -0.05) is 53.6 Å². The molecule has 0 bridgehead atoms. The van der Waals surface area contributed by atoms with Gasteiger partial charge in [-0.25, -0.2) is 0 Å². The summed E-state index contributed by atoms with van der Waals surface area (Å²) >= 11 is 7.47. The van der Waals surface area contributed by atoms with Gasteiger partial charge >= 0.3 is 0 Å². The number of benzene rings is 2. The number of hydrogen-bond acceptors (Lipinski definition) is 3. The van der Waals surface area contributed by atoms with E-state index in [0.717, 1.165) is 16.7 Å². The number of amides is 2. The summed E-state index contributed by atoms with van der Waals surface area (Å²) in [6.07, 6.45) is 0. The fraction of sp³-hybridized carbons (Fsp3) is 0.417. The number of halogens is 1. The molecule has 4 nitrogen and oxygen atoms in total.